The molecule has 0 radical (unpaired) electrons. The van der Waals surface area contributed by atoms with Crippen LogP contribution in [0, 0.1) is 5.92 Å². The molecule has 0 aromatic heterocycles. The lowest BCUT2D eigenvalue weighted by atomic mass is 9.70. The van der Waals surface area contributed by atoms with Gasteiger partial charge in [0.1, 0.15) is 12.4 Å². The molecular formula is C18H27NO2. The minimum absolute atomic E-state index is 0.212. The summed E-state index contributed by atoms with van der Waals surface area (Å²) >= 11 is 0. The first kappa shape index (κ1) is 14.9. The Balaban J connectivity index is 1.58. The lowest BCUT2D eigenvalue weighted by molar-refractivity contribution is -0.148. The van der Waals surface area contributed by atoms with Gasteiger partial charge in [0.2, 0.25) is 0 Å². The van der Waals surface area contributed by atoms with Crippen LogP contribution < -0.4 is 10.1 Å². The molecule has 1 heterocycles. The van der Waals surface area contributed by atoms with Crippen LogP contribution in [0.1, 0.15) is 39.0 Å². The Morgan fingerprint density at radius 2 is 2.14 bits per heavy atom. The summed E-state index contributed by atoms with van der Waals surface area (Å²) in [5.74, 6) is 1.63. The Hall–Kier alpha value is -1.06. The molecular weight excluding hydrogens is 262 g/mol. The molecule has 21 heavy (non-hydrogen) atoms. The standard InChI is InChI=1S/C18H27NO2/c1-2-19-17(14-20-16-7-4-3-5-8-16)15-9-12-21-18(13-15)10-6-11-18/h3-5,7-8,15,17,19H,2,6,9-14H2,1H3. The van der Waals surface area contributed by atoms with Crippen LogP contribution >= 0.6 is 0 Å². The molecule has 116 valence electrons. The van der Waals surface area contributed by atoms with Crippen LogP contribution in [0.3, 0.4) is 0 Å². The zero-order valence-corrected chi connectivity index (χ0v) is 13.0. The highest BCUT2D eigenvalue weighted by molar-refractivity contribution is 5.21. The van der Waals surface area contributed by atoms with Crippen molar-refractivity contribution in [2.24, 2.45) is 5.92 Å². The predicted octanol–water partition coefficient (Wildman–Crippen LogP) is 3.39. The van der Waals surface area contributed by atoms with Gasteiger partial charge in [-0.15, -0.1) is 0 Å². The second kappa shape index (κ2) is 6.80. The molecule has 1 spiro atoms. The quantitative estimate of drug-likeness (QED) is 0.870. The molecule has 1 N–H and O–H groups in total. The highest BCUT2D eigenvalue weighted by Crippen LogP contribution is 2.45. The van der Waals surface area contributed by atoms with Gasteiger partial charge in [-0.25, -0.2) is 0 Å². The highest BCUT2D eigenvalue weighted by atomic mass is 16.5. The second-order valence-corrected chi connectivity index (χ2v) is 6.43. The fraction of sp³-hybridized carbons (Fsp3) is 0.667. The fourth-order valence-electron chi connectivity index (χ4n) is 3.66. The smallest absolute Gasteiger partial charge is 0.119 e. The van der Waals surface area contributed by atoms with E-state index in [1.807, 2.05) is 30.3 Å². The highest BCUT2D eigenvalue weighted by Gasteiger charge is 2.44. The van der Waals surface area contributed by atoms with E-state index in [9.17, 15) is 0 Å². The number of hydrogen-bond acceptors (Lipinski definition) is 3. The summed E-state index contributed by atoms with van der Waals surface area (Å²) in [6, 6.07) is 10.6. The molecule has 1 aliphatic carbocycles. The van der Waals surface area contributed by atoms with Crippen LogP contribution in [-0.2, 0) is 4.74 Å². The number of benzene rings is 1. The number of hydrogen-bond donors (Lipinski definition) is 1. The lowest BCUT2D eigenvalue weighted by Gasteiger charge is -2.48. The van der Waals surface area contributed by atoms with E-state index < -0.39 is 0 Å². The number of para-hydroxylation sites is 1. The van der Waals surface area contributed by atoms with E-state index >= 15 is 0 Å². The van der Waals surface area contributed by atoms with E-state index in [4.69, 9.17) is 9.47 Å². The van der Waals surface area contributed by atoms with Crippen molar-refractivity contribution in [1.29, 1.82) is 0 Å². The van der Waals surface area contributed by atoms with E-state index in [0.29, 0.717) is 12.0 Å². The van der Waals surface area contributed by atoms with Crippen molar-refractivity contribution in [2.75, 3.05) is 19.8 Å². The van der Waals surface area contributed by atoms with Crippen molar-refractivity contribution in [1.82, 2.24) is 5.32 Å². The molecule has 1 aromatic carbocycles. The summed E-state index contributed by atoms with van der Waals surface area (Å²) in [5.41, 5.74) is 0.212. The topological polar surface area (TPSA) is 30.5 Å². The Labute approximate surface area is 128 Å². The van der Waals surface area contributed by atoms with Crippen LogP contribution in [-0.4, -0.2) is 31.4 Å². The molecule has 1 saturated heterocycles. The molecule has 1 aromatic rings. The average molecular weight is 289 g/mol. The van der Waals surface area contributed by atoms with Gasteiger partial charge in [0, 0.05) is 12.6 Å². The minimum atomic E-state index is 0.212. The molecule has 3 rings (SSSR count). The van der Waals surface area contributed by atoms with E-state index in [-0.39, 0.29) is 5.60 Å². The van der Waals surface area contributed by atoms with E-state index in [0.717, 1.165) is 31.9 Å². The van der Waals surface area contributed by atoms with Gasteiger partial charge in [-0.3, -0.25) is 0 Å². The number of ether oxygens (including phenoxy) is 2. The largest absolute Gasteiger partial charge is 0.492 e. The van der Waals surface area contributed by atoms with Gasteiger partial charge in [0.05, 0.1) is 5.60 Å². The lowest BCUT2D eigenvalue weighted by Crippen LogP contribution is -2.51. The van der Waals surface area contributed by atoms with E-state index in [2.05, 4.69) is 12.2 Å². The first-order chi connectivity index (χ1) is 10.3. The van der Waals surface area contributed by atoms with Crippen LogP contribution in [0.2, 0.25) is 0 Å². The minimum Gasteiger partial charge on any atom is -0.492 e. The average Bonchev–Trinajstić information content (AvgIpc) is 2.51. The molecule has 1 aliphatic heterocycles. The van der Waals surface area contributed by atoms with Gasteiger partial charge in [-0.05, 0) is 56.7 Å². The maximum absolute atomic E-state index is 6.05. The first-order valence-electron chi connectivity index (χ1n) is 8.36. The normalized spacial score (nSPS) is 25.3. The summed E-state index contributed by atoms with van der Waals surface area (Å²) in [6.07, 6.45) is 6.18. The SMILES string of the molecule is CCNC(COc1ccccc1)C1CCOC2(CCC2)C1. The Morgan fingerprint density at radius 1 is 1.33 bits per heavy atom. The fourth-order valence-corrected chi connectivity index (χ4v) is 3.66. The van der Waals surface area contributed by atoms with Crippen molar-refractivity contribution in [3.8, 4) is 5.75 Å². The molecule has 2 unspecified atom stereocenters. The summed E-state index contributed by atoms with van der Waals surface area (Å²) < 4.78 is 12.0. The summed E-state index contributed by atoms with van der Waals surface area (Å²) in [7, 11) is 0. The van der Waals surface area contributed by atoms with Crippen LogP contribution in [0.25, 0.3) is 0 Å². The maximum atomic E-state index is 6.05. The predicted molar refractivity (Wildman–Crippen MR) is 84.7 cm³/mol. The third-order valence-electron chi connectivity index (χ3n) is 5.00. The van der Waals surface area contributed by atoms with Crippen molar-refractivity contribution >= 4 is 0 Å². The van der Waals surface area contributed by atoms with Crippen LogP contribution in [0.4, 0.5) is 0 Å². The van der Waals surface area contributed by atoms with Gasteiger partial charge in [-0.1, -0.05) is 25.1 Å². The van der Waals surface area contributed by atoms with Crippen LogP contribution in [0.5, 0.6) is 5.75 Å². The van der Waals surface area contributed by atoms with Gasteiger partial charge in [-0.2, -0.15) is 0 Å². The zero-order valence-electron chi connectivity index (χ0n) is 13.0. The second-order valence-electron chi connectivity index (χ2n) is 6.43. The van der Waals surface area contributed by atoms with Gasteiger partial charge >= 0.3 is 0 Å². The van der Waals surface area contributed by atoms with Crippen LogP contribution in [0.15, 0.2) is 30.3 Å². The molecule has 2 aliphatic rings. The van der Waals surface area contributed by atoms with Crippen molar-refractivity contribution in [3.05, 3.63) is 30.3 Å². The molecule has 0 amide bonds. The van der Waals surface area contributed by atoms with E-state index in [1.165, 1.54) is 25.7 Å². The maximum Gasteiger partial charge on any atom is 0.119 e. The molecule has 0 bridgehead atoms. The molecule has 3 heteroatoms. The Bertz CT molecular complexity index is 430. The zero-order chi connectivity index (χ0) is 14.5. The first-order valence-corrected chi connectivity index (χ1v) is 8.36. The number of rotatable bonds is 6. The molecule has 1 saturated carbocycles. The third-order valence-corrected chi connectivity index (χ3v) is 5.00. The van der Waals surface area contributed by atoms with Crippen molar-refractivity contribution < 1.29 is 9.47 Å². The molecule has 2 fully saturated rings. The van der Waals surface area contributed by atoms with Gasteiger partial charge in [0.15, 0.2) is 0 Å². The third kappa shape index (κ3) is 3.58. The summed E-state index contributed by atoms with van der Waals surface area (Å²) in [4.78, 5) is 0. The summed E-state index contributed by atoms with van der Waals surface area (Å²) in [6.45, 7) is 4.83. The van der Waals surface area contributed by atoms with Gasteiger partial charge in [0.25, 0.3) is 0 Å². The Morgan fingerprint density at radius 3 is 2.81 bits per heavy atom. The molecule has 2 atom stereocenters. The number of likely N-dealkylation sites (N-methyl/N-ethyl adjacent to an activating group) is 1. The van der Waals surface area contributed by atoms with Gasteiger partial charge < -0.3 is 14.8 Å². The monoisotopic (exact) mass is 289 g/mol. The summed E-state index contributed by atoms with van der Waals surface area (Å²) in [5, 5.41) is 3.63. The molecule has 3 nitrogen and oxygen atoms in total. The Kier molecular flexibility index (Phi) is 4.81. The van der Waals surface area contributed by atoms with Crippen molar-refractivity contribution in [2.45, 2.75) is 50.7 Å². The number of nitrogens with one attached hydrogen (secondary N) is 1. The van der Waals surface area contributed by atoms with Crippen molar-refractivity contribution in [3.63, 3.8) is 0 Å². The van der Waals surface area contributed by atoms with E-state index in [1.54, 1.807) is 0 Å².